The van der Waals surface area contributed by atoms with Gasteiger partial charge in [0.25, 0.3) is 5.91 Å². The van der Waals surface area contributed by atoms with Crippen LogP contribution in [0.3, 0.4) is 0 Å². The molecule has 0 unspecified atom stereocenters. The number of hydrogen-bond acceptors (Lipinski definition) is 3. The van der Waals surface area contributed by atoms with Gasteiger partial charge in [-0.1, -0.05) is 12.1 Å². The maximum absolute atomic E-state index is 12.3. The third-order valence-corrected chi connectivity index (χ3v) is 3.90. The number of nitrogens with one attached hydrogen (secondary N) is 2. The van der Waals surface area contributed by atoms with Crippen LogP contribution in [0.1, 0.15) is 43.1 Å². The molecule has 140 valence electrons. The van der Waals surface area contributed by atoms with E-state index in [1.165, 1.54) is 0 Å². The molecule has 0 atom stereocenters. The van der Waals surface area contributed by atoms with E-state index in [0.29, 0.717) is 6.54 Å². The maximum Gasteiger partial charge on any atom is 0.253 e. The second-order valence-electron chi connectivity index (χ2n) is 5.58. The molecule has 0 heterocycles. The second kappa shape index (κ2) is 12.3. The minimum Gasteiger partial charge on any atom is -0.382 e. The number of carbonyl (C=O) groups excluding carboxylic acids is 1. The molecule has 0 saturated heterocycles. The van der Waals surface area contributed by atoms with Crippen molar-refractivity contribution in [3.63, 3.8) is 0 Å². The molecule has 6 nitrogen and oxygen atoms in total. The Hall–Kier alpha value is -2.08. The quantitative estimate of drug-likeness (QED) is 0.387. The van der Waals surface area contributed by atoms with Crippen LogP contribution < -0.4 is 10.6 Å². The van der Waals surface area contributed by atoms with Crippen LogP contribution >= 0.6 is 0 Å². The van der Waals surface area contributed by atoms with Crippen molar-refractivity contribution >= 4 is 11.9 Å². The number of carbonyl (C=O) groups is 1. The summed E-state index contributed by atoms with van der Waals surface area (Å²) in [6, 6.07) is 7.73. The zero-order valence-electron chi connectivity index (χ0n) is 16.0. The van der Waals surface area contributed by atoms with Gasteiger partial charge in [0.05, 0.1) is 0 Å². The molecule has 0 aliphatic heterocycles. The Bertz CT molecular complexity index is 525. The van der Waals surface area contributed by atoms with Crippen LogP contribution in [0.2, 0.25) is 0 Å². The highest BCUT2D eigenvalue weighted by molar-refractivity contribution is 5.94. The molecular weight excluding hydrogens is 316 g/mol. The summed E-state index contributed by atoms with van der Waals surface area (Å²) >= 11 is 0. The zero-order chi connectivity index (χ0) is 18.5. The van der Waals surface area contributed by atoms with E-state index in [2.05, 4.69) is 15.6 Å². The van der Waals surface area contributed by atoms with Gasteiger partial charge in [-0.05, 0) is 44.9 Å². The van der Waals surface area contributed by atoms with Gasteiger partial charge in [-0.2, -0.15) is 0 Å². The van der Waals surface area contributed by atoms with Gasteiger partial charge < -0.3 is 20.3 Å². The summed E-state index contributed by atoms with van der Waals surface area (Å²) in [7, 11) is 1.75. The summed E-state index contributed by atoms with van der Waals surface area (Å²) in [5.41, 5.74) is 1.83. The van der Waals surface area contributed by atoms with E-state index in [-0.39, 0.29) is 5.91 Å². The van der Waals surface area contributed by atoms with Gasteiger partial charge >= 0.3 is 0 Å². The number of amides is 1. The van der Waals surface area contributed by atoms with Crippen LogP contribution in [0.25, 0.3) is 0 Å². The summed E-state index contributed by atoms with van der Waals surface area (Å²) < 4.78 is 5.31. The average molecular weight is 348 g/mol. The maximum atomic E-state index is 12.3. The van der Waals surface area contributed by atoms with Crippen molar-refractivity contribution in [3.05, 3.63) is 35.4 Å². The number of ether oxygens (including phenoxy) is 1. The van der Waals surface area contributed by atoms with Crippen LogP contribution in [0, 0.1) is 0 Å². The SMILES string of the molecule is CCOCCCNC(=NC)NCc1ccc(C(=O)N(CC)CC)cc1. The van der Waals surface area contributed by atoms with Crippen LogP contribution in [-0.4, -0.2) is 56.7 Å². The number of hydrogen-bond donors (Lipinski definition) is 2. The van der Waals surface area contributed by atoms with E-state index in [1.54, 1.807) is 7.05 Å². The predicted octanol–water partition coefficient (Wildman–Crippen LogP) is 2.26. The topological polar surface area (TPSA) is 66.0 Å². The molecule has 0 fully saturated rings. The number of rotatable bonds is 10. The first-order valence-corrected chi connectivity index (χ1v) is 9.06. The van der Waals surface area contributed by atoms with Crippen molar-refractivity contribution in [1.82, 2.24) is 15.5 Å². The summed E-state index contributed by atoms with van der Waals surface area (Å²) in [6.45, 7) is 10.4. The Morgan fingerprint density at radius 3 is 2.36 bits per heavy atom. The second-order valence-corrected chi connectivity index (χ2v) is 5.58. The highest BCUT2D eigenvalue weighted by Crippen LogP contribution is 2.08. The summed E-state index contributed by atoms with van der Waals surface area (Å²) in [5.74, 6) is 0.844. The fraction of sp³-hybridized carbons (Fsp3) is 0.579. The Morgan fingerprint density at radius 1 is 1.12 bits per heavy atom. The summed E-state index contributed by atoms with van der Waals surface area (Å²) in [6.07, 6.45) is 0.941. The third kappa shape index (κ3) is 7.56. The fourth-order valence-corrected chi connectivity index (χ4v) is 2.39. The van der Waals surface area contributed by atoms with Crippen LogP contribution in [0.5, 0.6) is 0 Å². The van der Waals surface area contributed by atoms with Crippen molar-refractivity contribution in [1.29, 1.82) is 0 Å². The number of benzene rings is 1. The molecule has 0 aliphatic rings. The van der Waals surface area contributed by atoms with Gasteiger partial charge in [0.2, 0.25) is 0 Å². The van der Waals surface area contributed by atoms with Crippen molar-refractivity contribution < 1.29 is 9.53 Å². The fourth-order valence-electron chi connectivity index (χ4n) is 2.39. The van der Waals surface area contributed by atoms with E-state index in [1.807, 2.05) is 49.9 Å². The van der Waals surface area contributed by atoms with Crippen molar-refractivity contribution in [3.8, 4) is 0 Å². The lowest BCUT2D eigenvalue weighted by atomic mass is 10.1. The lowest BCUT2D eigenvalue weighted by Gasteiger charge is -2.18. The Morgan fingerprint density at radius 2 is 1.80 bits per heavy atom. The van der Waals surface area contributed by atoms with Gasteiger partial charge in [0.15, 0.2) is 5.96 Å². The third-order valence-electron chi connectivity index (χ3n) is 3.90. The molecule has 0 aromatic heterocycles. The minimum atomic E-state index is 0.0799. The molecule has 1 amide bonds. The Labute approximate surface area is 151 Å². The Balaban J connectivity index is 2.45. The normalized spacial score (nSPS) is 11.3. The number of nitrogens with zero attached hydrogens (tertiary/aromatic N) is 2. The highest BCUT2D eigenvalue weighted by Gasteiger charge is 2.11. The molecule has 0 bridgehead atoms. The lowest BCUT2D eigenvalue weighted by molar-refractivity contribution is 0.0773. The molecule has 1 aromatic carbocycles. The standard InChI is InChI=1S/C19H32N4O2/c1-5-23(6-2)18(24)17-11-9-16(10-12-17)15-22-19(20-4)21-13-8-14-25-7-3/h9-12H,5-8,13-15H2,1-4H3,(H2,20,21,22). The Kier molecular flexibility index (Phi) is 10.3. The van der Waals surface area contributed by atoms with Gasteiger partial charge in [0.1, 0.15) is 0 Å². The van der Waals surface area contributed by atoms with Gasteiger partial charge in [0, 0.05) is 52.0 Å². The molecule has 6 heteroatoms. The zero-order valence-corrected chi connectivity index (χ0v) is 16.0. The van der Waals surface area contributed by atoms with E-state index >= 15 is 0 Å². The lowest BCUT2D eigenvalue weighted by Crippen LogP contribution is -2.37. The van der Waals surface area contributed by atoms with Gasteiger partial charge in [-0.15, -0.1) is 0 Å². The molecular formula is C19H32N4O2. The van der Waals surface area contributed by atoms with Crippen LogP contribution in [-0.2, 0) is 11.3 Å². The van der Waals surface area contributed by atoms with E-state index in [4.69, 9.17) is 4.74 Å². The highest BCUT2D eigenvalue weighted by atomic mass is 16.5. The van der Waals surface area contributed by atoms with Crippen molar-refractivity contribution in [2.75, 3.05) is 39.9 Å². The molecule has 25 heavy (non-hydrogen) atoms. The number of aliphatic imine (C=N–C) groups is 1. The molecule has 0 aliphatic carbocycles. The average Bonchev–Trinajstić information content (AvgIpc) is 2.65. The molecule has 1 rings (SSSR count). The van der Waals surface area contributed by atoms with Gasteiger partial charge in [-0.25, -0.2) is 0 Å². The molecule has 0 radical (unpaired) electrons. The van der Waals surface area contributed by atoms with E-state index in [0.717, 1.165) is 56.4 Å². The van der Waals surface area contributed by atoms with Crippen LogP contribution in [0.4, 0.5) is 0 Å². The van der Waals surface area contributed by atoms with Crippen molar-refractivity contribution in [2.24, 2.45) is 4.99 Å². The number of guanidine groups is 1. The van der Waals surface area contributed by atoms with Crippen molar-refractivity contribution in [2.45, 2.75) is 33.7 Å². The van der Waals surface area contributed by atoms with Crippen LogP contribution in [0.15, 0.2) is 29.3 Å². The molecule has 2 N–H and O–H groups in total. The summed E-state index contributed by atoms with van der Waals surface area (Å²) in [5, 5.41) is 6.53. The minimum absolute atomic E-state index is 0.0799. The predicted molar refractivity (Wildman–Crippen MR) is 103 cm³/mol. The molecule has 0 spiro atoms. The van der Waals surface area contributed by atoms with Gasteiger partial charge in [-0.3, -0.25) is 9.79 Å². The summed E-state index contributed by atoms with van der Waals surface area (Å²) in [4.78, 5) is 18.3. The first-order valence-electron chi connectivity index (χ1n) is 9.06. The first kappa shape index (κ1) is 21.0. The first-order chi connectivity index (χ1) is 12.2. The van der Waals surface area contributed by atoms with E-state index < -0.39 is 0 Å². The monoisotopic (exact) mass is 348 g/mol. The smallest absolute Gasteiger partial charge is 0.253 e. The largest absolute Gasteiger partial charge is 0.382 e. The molecule has 0 saturated carbocycles. The molecule has 1 aromatic rings. The van der Waals surface area contributed by atoms with E-state index in [9.17, 15) is 4.79 Å².